The molecule has 0 radical (unpaired) electrons. The Morgan fingerprint density at radius 1 is 1.40 bits per heavy atom. The standard InChI is InChI=1S/C10H19NO2.C2H6/c1-2-10(12)9(11)7-8-3-5-13-6-4-8;1-2/h8-9H,2-7,11H2,1H3;1-2H3. The molecule has 0 aliphatic carbocycles. The van der Waals surface area contributed by atoms with Crippen molar-refractivity contribution in [1.82, 2.24) is 0 Å². The average Bonchev–Trinajstić information content (AvgIpc) is 2.32. The highest BCUT2D eigenvalue weighted by Gasteiger charge is 2.20. The maximum absolute atomic E-state index is 11.2. The van der Waals surface area contributed by atoms with Crippen LogP contribution in [0.2, 0.25) is 0 Å². The van der Waals surface area contributed by atoms with Gasteiger partial charge in [-0.05, 0) is 25.2 Å². The number of Topliss-reactive ketones (excluding diaryl/α,β-unsaturated/α-hetero) is 1. The van der Waals surface area contributed by atoms with Crippen LogP contribution in [-0.4, -0.2) is 25.0 Å². The molecule has 1 unspecified atom stereocenters. The first kappa shape index (κ1) is 14.6. The van der Waals surface area contributed by atoms with Gasteiger partial charge >= 0.3 is 0 Å². The van der Waals surface area contributed by atoms with Crippen LogP contribution in [0.1, 0.15) is 46.5 Å². The van der Waals surface area contributed by atoms with E-state index < -0.39 is 0 Å². The third kappa shape index (κ3) is 5.90. The fraction of sp³-hybridized carbons (Fsp3) is 0.917. The fourth-order valence-electron chi connectivity index (χ4n) is 1.73. The minimum atomic E-state index is -0.243. The first-order chi connectivity index (χ1) is 7.24. The van der Waals surface area contributed by atoms with E-state index in [1.165, 1.54) is 0 Å². The molecule has 2 N–H and O–H groups in total. The lowest BCUT2D eigenvalue weighted by molar-refractivity contribution is -0.120. The third-order valence-corrected chi connectivity index (χ3v) is 2.69. The van der Waals surface area contributed by atoms with E-state index in [0.29, 0.717) is 12.3 Å². The molecule has 0 bridgehead atoms. The highest BCUT2D eigenvalue weighted by molar-refractivity contribution is 5.83. The number of ketones is 1. The van der Waals surface area contributed by atoms with Crippen LogP contribution in [-0.2, 0) is 9.53 Å². The van der Waals surface area contributed by atoms with Gasteiger partial charge in [-0.1, -0.05) is 20.8 Å². The lowest BCUT2D eigenvalue weighted by atomic mass is 9.91. The van der Waals surface area contributed by atoms with Crippen molar-refractivity contribution in [2.24, 2.45) is 11.7 Å². The van der Waals surface area contributed by atoms with Crippen LogP contribution in [0.3, 0.4) is 0 Å². The van der Waals surface area contributed by atoms with E-state index in [-0.39, 0.29) is 11.8 Å². The van der Waals surface area contributed by atoms with E-state index in [2.05, 4.69) is 0 Å². The summed E-state index contributed by atoms with van der Waals surface area (Å²) in [6, 6.07) is -0.243. The Hall–Kier alpha value is -0.410. The minimum Gasteiger partial charge on any atom is -0.381 e. The zero-order chi connectivity index (χ0) is 11.7. The van der Waals surface area contributed by atoms with Crippen LogP contribution in [0.15, 0.2) is 0 Å². The Balaban J connectivity index is 0.000000921. The molecule has 0 aromatic rings. The molecule has 0 aromatic heterocycles. The molecule has 1 saturated heterocycles. The summed E-state index contributed by atoms with van der Waals surface area (Å²) in [6.45, 7) is 7.53. The maximum atomic E-state index is 11.2. The molecule has 0 saturated carbocycles. The first-order valence-corrected chi connectivity index (χ1v) is 6.10. The lowest BCUT2D eigenvalue weighted by Crippen LogP contribution is -2.33. The van der Waals surface area contributed by atoms with Crippen LogP contribution in [0.25, 0.3) is 0 Å². The smallest absolute Gasteiger partial charge is 0.149 e. The van der Waals surface area contributed by atoms with E-state index >= 15 is 0 Å². The number of hydrogen-bond acceptors (Lipinski definition) is 3. The van der Waals surface area contributed by atoms with Gasteiger partial charge in [-0.3, -0.25) is 4.79 Å². The van der Waals surface area contributed by atoms with Gasteiger partial charge in [-0.2, -0.15) is 0 Å². The summed E-state index contributed by atoms with van der Waals surface area (Å²) < 4.78 is 5.24. The van der Waals surface area contributed by atoms with Gasteiger partial charge in [0.1, 0.15) is 5.78 Å². The number of hydrogen-bond donors (Lipinski definition) is 1. The summed E-state index contributed by atoms with van der Waals surface area (Å²) in [4.78, 5) is 11.2. The van der Waals surface area contributed by atoms with Crippen molar-refractivity contribution in [3.05, 3.63) is 0 Å². The van der Waals surface area contributed by atoms with Crippen LogP contribution in [0.5, 0.6) is 0 Å². The molecule has 0 amide bonds. The summed E-state index contributed by atoms with van der Waals surface area (Å²) in [5.74, 6) is 0.783. The molecule has 90 valence electrons. The van der Waals surface area contributed by atoms with Crippen molar-refractivity contribution >= 4 is 5.78 Å². The van der Waals surface area contributed by atoms with E-state index in [4.69, 9.17) is 10.5 Å². The lowest BCUT2D eigenvalue weighted by Gasteiger charge is -2.24. The predicted molar refractivity (Wildman–Crippen MR) is 62.8 cm³/mol. The van der Waals surface area contributed by atoms with Gasteiger partial charge in [0.25, 0.3) is 0 Å². The fourth-order valence-corrected chi connectivity index (χ4v) is 1.73. The van der Waals surface area contributed by atoms with Gasteiger partial charge in [-0.15, -0.1) is 0 Å². The molecule has 1 aliphatic heterocycles. The Bertz CT molecular complexity index is 165. The maximum Gasteiger partial charge on any atom is 0.149 e. The molecule has 0 aromatic carbocycles. The molecule has 0 spiro atoms. The molecule has 3 nitrogen and oxygen atoms in total. The SMILES string of the molecule is CC.CCC(=O)C(N)CC1CCOCC1. The third-order valence-electron chi connectivity index (χ3n) is 2.69. The molecule has 1 fully saturated rings. The second-order valence-corrected chi connectivity index (χ2v) is 3.72. The molecule has 1 heterocycles. The molecule has 15 heavy (non-hydrogen) atoms. The number of carbonyl (C=O) groups excluding carboxylic acids is 1. The largest absolute Gasteiger partial charge is 0.381 e. The van der Waals surface area contributed by atoms with Crippen LogP contribution in [0, 0.1) is 5.92 Å². The monoisotopic (exact) mass is 215 g/mol. The second-order valence-electron chi connectivity index (χ2n) is 3.72. The van der Waals surface area contributed by atoms with Crippen LogP contribution < -0.4 is 5.73 Å². The quantitative estimate of drug-likeness (QED) is 0.781. The molecular weight excluding hydrogens is 190 g/mol. The van der Waals surface area contributed by atoms with Crippen molar-refractivity contribution in [2.75, 3.05) is 13.2 Å². The molecule has 3 heteroatoms. The second kappa shape index (κ2) is 8.86. The van der Waals surface area contributed by atoms with Crippen LogP contribution in [0.4, 0.5) is 0 Å². The van der Waals surface area contributed by atoms with Gasteiger partial charge in [-0.25, -0.2) is 0 Å². The summed E-state index contributed by atoms with van der Waals surface area (Å²) in [6.07, 6.45) is 3.52. The normalized spacial score (nSPS) is 18.9. The topological polar surface area (TPSA) is 52.3 Å². The zero-order valence-corrected chi connectivity index (χ0v) is 10.3. The number of rotatable bonds is 4. The molecular formula is C12H25NO2. The van der Waals surface area contributed by atoms with Crippen molar-refractivity contribution in [2.45, 2.75) is 52.5 Å². The Morgan fingerprint density at radius 2 is 1.93 bits per heavy atom. The summed E-state index contributed by atoms with van der Waals surface area (Å²) in [5.41, 5.74) is 5.77. The molecule has 1 rings (SSSR count). The van der Waals surface area contributed by atoms with Crippen molar-refractivity contribution in [3.8, 4) is 0 Å². The first-order valence-electron chi connectivity index (χ1n) is 6.10. The van der Waals surface area contributed by atoms with E-state index in [9.17, 15) is 4.79 Å². The van der Waals surface area contributed by atoms with E-state index in [1.807, 2.05) is 20.8 Å². The Labute approximate surface area is 93.4 Å². The Morgan fingerprint density at radius 3 is 2.40 bits per heavy atom. The van der Waals surface area contributed by atoms with Crippen molar-refractivity contribution < 1.29 is 9.53 Å². The minimum absolute atomic E-state index is 0.187. The van der Waals surface area contributed by atoms with Crippen LogP contribution >= 0.6 is 0 Å². The number of carbonyl (C=O) groups is 1. The number of ether oxygens (including phenoxy) is 1. The summed E-state index contributed by atoms with van der Waals surface area (Å²) in [7, 11) is 0. The summed E-state index contributed by atoms with van der Waals surface area (Å²) in [5, 5.41) is 0. The predicted octanol–water partition coefficient (Wildman–Crippen LogP) is 2.14. The van der Waals surface area contributed by atoms with Gasteiger partial charge in [0.05, 0.1) is 6.04 Å². The Kier molecular flexibility index (Phi) is 8.62. The number of nitrogens with two attached hydrogens (primary N) is 1. The molecule has 1 aliphatic rings. The zero-order valence-electron chi connectivity index (χ0n) is 10.3. The van der Waals surface area contributed by atoms with Gasteiger partial charge < -0.3 is 10.5 Å². The van der Waals surface area contributed by atoms with E-state index in [0.717, 1.165) is 32.5 Å². The van der Waals surface area contributed by atoms with Gasteiger partial charge in [0, 0.05) is 19.6 Å². The van der Waals surface area contributed by atoms with Crippen molar-refractivity contribution in [1.29, 1.82) is 0 Å². The van der Waals surface area contributed by atoms with Crippen molar-refractivity contribution in [3.63, 3.8) is 0 Å². The summed E-state index contributed by atoms with van der Waals surface area (Å²) >= 11 is 0. The highest BCUT2D eigenvalue weighted by atomic mass is 16.5. The molecule has 1 atom stereocenters. The van der Waals surface area contributed by atoms with E-state index in [1.54, 1.807) is 0 Å². The highest BCUT2D eigenvalue weighted by Crippen LogP contribution is 2.19. The van der Waals surface area contributed by atoms with Gasteiger partial charge in [0.15, 0.2) is 0 Å². The average molecular weight is 215 g/mol. The van der Waals surface area contributed by atoms with Gasteiger partial charge in [0.2, 0.25) is 0 Å².